The van der Waals surface area contributed by atoms with E-state index in [4.69, 9.17) is 4.74 Å². The molecule has 0 aliphatic rings. The maximum absolute atomic E-state index is 13.8. The van der Waals surface area contributed by atoms with Gasteiger partial charge in [0.15, 0.2) is 0 Å². The molecule has 0 heterocycles. The lowest BCUT2D eigenvalue weighted by Crippen LogP contribution is -2.53. The molecule has 0 fully saturated rings. The normalized spacial score (nSPS) is 13.1. The fourth-order valence-corrected chi connectivity index (χ4v) is 4.22. The summed E-state index contributed by atoms with van der Waals surface area (Å²) in [5.41, 5.74) is 4.57. The molecule has 0 saturated carbocycles. The maximum Gasteiger partial charge on any atom is 0.408 e. The van der Waals surface area contributed by atoms with Gasteiger partial charge in [-0.1, -0.05) is 61.4 Å². The molecule has 7 heteroatoms. The van der Waals surface area contributed by atoms with Gasteiger partial charge in [-0.3, -0.25) is 9.59 Å². The largest absolute Gasteiger partial charge is 0.444 e. The molecule has 2 unspecified atom stereocenters. The average molecular weight is 496 g/mol. The third kappa shape index (κ3) is 7.57. The van der Waals surface area contributed by atoms with Crippen LogP contribution in [0.15, 0.2) is 36.4 Å². The molecule has 0 saturated heterocycles. The van der Waals surface area contributed by atoms with Crippen LogP contribution in [-0.2, 0) is 14.3 Å². The number of aryl methyl sites for hydroxylation is 4. The summed E-state index contributed by atoms with van der Waals surface area (Å²) >= 11 is 0. The number of nitrogens with one attached hydrogen (secondary N) is 2. The Morgan fingerprint density at radius 1 is 0.917 bits per heavy atom. The first-order valence-electron chi connectivity index (χ1n) is 12.3. The van der Waals surface area contributed by atoms with Crippen molar-refractivity contribution in [3.8, 4) is 0 Å². The third-order valence-electron chi connectivity index (χ3n) is 5.88. The molecule has 2 atom stereocenters. The van der Waals surface area contributed by atoms with E-state index in [2.05, 4.69) is 10.6 Å². The van der Waals surface area contributed by atoms with E-state index in [0.29, 0.717) is 5.56 Å². The van der Waals surface area contributed by atoms with Crippen molar-refractivity contribution in [1.82, 2.24) is 10.2 Å². The molecule has 0 radical (unpaired) electrons. The maximum atomic E-state index is 13.8. The summed E-state index contributed by atoms with van der Waals surface area (Å²) in [7, 11) is 1.60. The first-order valence-corrected chi connectivity index (χ1v) is 12.3. The smallest absolute Gasteiger partial charge is 0.408 e. The molecule has 2 rings (SSSR count). The second-order valence-electron chi connectivity index (χ2n) is 10.9. The second kappa shape index (κ2) is 11.6. The van der Waals surface area contributed by atoms with Crippen LogP contribution in [0.5, 0.6) is 0 Å². The Morgan fingerprint density at radius 2 is 1.44 bits per heavy atom. The first kappa shape index (κ1) is 28.9. The lowest BCUT2D eigenvalue weighted by Gasteiger charge is -2.33. The lowest BCUT2D eigenvalue weighted by molar-refractivity contribution is -0.140. The molecule has 2 N–H and O–H groups in total. The molecule has 0 spiro atoms. The molecule has 196 valence electrons. The van der Waals surface area contributed by atoms with Crippen LogP contribution in [0.2, 0.25) is 0 Å². The highest BCUT2D eigenvalue weighted by Crippen LogP contribution is 2.28. The molecule has 0 aliphatic heterocycles. The molecule has 2 aromatic rings. The van der Waals surface area contributed by atoms with Crippen LogP contribution in [0.4, 0.5) is 10.5 Å². The minimum atomic E-state index is -0.906. The van der Waals surface area contributed by atoms with E-state index in [1.165, 1.54) is 4.90 Å². The molecular weight excluding hydrogens is 454 g/mol. The molecule has 7 nitrogen and oxygen atoms in total. The van der Waals surface area contributed by atoms with Crippen molar-refractivity contribution in [2.24, 2.45) is 5.92 Å². The summed E-state index contributed by atoms with van der Waals surface area (Å²) in [6, 6.07) is 9.88. The summed E-state index contributed by atoms with van der Waals surface area (Å²) in [4.78, 5) is 41.4. The van der Waals surface area contributed by atoms with Crippen LogP contribution in [0, 0.1) is 33.6 Å². The summed E-state index contributed by atoms with van der Waals surface area (Å²) in [6.45, 7) is 16.8. The second-order valence-corrected chi connectivity index (χ2v) is 10.9. The molecule has 0 bridgehead atoms. The van der Waals surface area contributed by atoms with Gasteiger partial charge >= 0.3 is 6.09 Å². The van der Waals surface area contributed by atoms with E-state index in [-0.39, 0.29) is 17.7 Å². The van der Waals surface area contributed by atoms with Gasteiger partial charge < -0.3 is 20.3 Å². The monoisotopic (exact) mass is 495 g/mol. The average Bonchev–Trinajstić information content (AvgIpc) is 2.72. The van der Waals surface area contributed by atoms with Crippen molar-refractivity contribution in [1.29, 1.82) is 0 Å². The van der Waals surface area contributed by atoms with Gasteiger partial charge in [-0.15, -0.1) is 0 Å². The van der Waals surface area contributed by atoms with Crippen molar-refractivity contribution in [3.05, 3.63) is 64.2 Å². The summed E-state index contributed by atoms with van der Waals surface area (Å²) < 4.78 is 5.38. The van der Waals surface area contributed by atoms with Gasteiger partial charge in [0.2, 0.25) is 5.91 Å². The zero-order chi connectivity index (χ0) is 27.4. The molecule has 3 amide bonds. The van der Waals surface area contributed by atoms with Crippen LogP contribution in [0.25, 0.3) is 0 Å². The number of hydrogen-bond acceptors (Lipinski definition) is 4. The number of carbonyl (C=O) groups is 3. The SMILES string of the molecule is Cc1cc(C)cc(C(C(=O)Nc2c(C)cccc2C)N(C)C(=O)C(NC(=O)OC(C)(C)C)C(C)C)c1. The molecular formula is C29H41N3O4. The van der Waals surface area contributed by atoms with Gasteiger partial charge in [0.05, 0.1) is 0 Å². The minimum absolute atomic E-state index is 0.228. The van der Waals surface area contributed by atoms with Crippen LogP contribution < -0.4 is 10.6 Å². The van der Waals surface area contributed by atoms with Crippen LogP contribution in [-0.4, -0.2) is 41.5 Å². The number of rotatable bonds is 7. The van der Waals surface area contributed by atoms with Crippen molar-refractivity contribution in [2.75, 3.05) is 12.4 Å². The fraction of sp³-hybridized carbons (Fsp3) is 0.483. The Labute approximate surface area is 215 Å². The lowest BCUT2D eigenvalue weighted by atomic mass is 9.97. The number of anilines is 1. The van der Waals surface area contributed by atoms with E-state index >= 15 is 0 Å². The van der Waals surface area contributed by atoms with Gasteiger partial charge in [0, 0.05) is 12.7 Å². The van der Waals surface area contributed by atoms with E-state index in [9.17, 15) is 14.4 Å². The van der Waals surface area contributed by atoms with Gasteiger partial charge in [-0.25, -0.2) is 4.79 Å². The molecule has 36 heavy (non-hydrogen) atoms. The first-order chi connectivity index (χ1) is 16.6. The number of para-hydroxylation sites is 1. The minimum Gasteiger partial charge on any atom is -0.444 e. The van der Waals surface area contributed by atoms with Gasteiger partial charge in [-0.2, -0.15) is 0 Å². The Bertz CT molecular complexity index is 1080. The Balaban J connectivity index is 2.47. The highest BCUT2D eigenvalue weighted by atomic mass is 16.6. The summed E-state index contributed by atoms with van der Waals surface area (Å²) in [6.07, 6.45) is -0.675. The zero-order valence-electron chi connectivity index (χ0n) is 23.3. The number of alkyl carbamates (subject to hydrolysis) is 1. The Kier molecular flexibility index (Phi) is 9.30. The van der Waals surface area contributed by atoms with Crippen molar-refractivity contribution >= 4 is 23.6 Å². The van der Waals surface area contributed by atoms with Crippen molar-refractivity contribution in [3.63, 3.8) is 0 Å². The predicted octanol–water partition coefficient (Wildman–Crippen LogP) is 5.61. The predicted molar refractivity (Wildman–Crippen MR) is 144 cm³/mol. The number of likely N-dealkylation sites (N-methyl/N-ethyl adjacent to an activating group) is 1. The number of nitrogens with zero attached hydrogens (tertiary/aromatic N) is 1. The Morgan fingerprint density at radius 3 is 1.92 bits per heavy atom. The fourth-order valence-electron chi connectivity index (χ4n) is 4.22. The van der Waals surface area contributed by atoms with Crippen LogP contribution in [0.1, 0.15) is 68.5 Å². The van der Waals surface area contributed by atoms with Gasteiger partial charge in [0.1, 0.15) is 17.7 Å². The third-order valence-corrected chi connectivity index (χ3v) is 5.88. The molecule has 2 aromatic carbocycles. The number of hydrogen-bond donors (Lipinski definition) is 2. The number of benzene rings is 2. The molecule has 0 aliphatic carbocycles. The zero-order valence-corrected chi connectivity index (χ0v) is 23.3. The van der Waals surface area contributed by atoms with E-state index in [0.717, 1.165) is 27.9 Å². The van der Waals surface area contributed by atoms with E-state index in [1.54, 1.807) is 27.8 Å². The quantitative estimate of drug-likeness (QED) is 0.523. The summed E-state index contributed by atoms with van der Waals surface area (Å²) in [5.74, 6) is -0.932. The Hall–Kier alpha value is -3.35. The van der Waals surface area contributed by atoms with Crippen LogP contribution in [0.3, 0.4) is 0 Å². The highest BCUT2D eigenvalue weighted by molar-refractivity contribution is 5.99. The van der Waals surface area contributed by atoms with Crippen molar-refractivity contribution < 1.29 is 19.1 Å². The topological polar surface area (TPSA) is 87.7 Å². The van der Waals surface area contributed by atoms with E-state index in [1.807, 2.05) is 77.9 Å². The molecule has 0 aromatic heterocycles. The van der Waals surface area contributed by atoms with Gasteiger partial charge in [0.25, 0.3) is 5.91 Å². The van der Waals surface area contributed by atoms with Gasteiger partial charge in [-0.05, 0) is 71.1 Å². The van der Waals surface area contributed by atoms with E-state index < -0.39 is 23.8 Å². The van der Waals surface area contributed by atoms with Crippen molar-refractivity contribution in [2.45, 2.75) is 80.0 Å². The standard InChI is InChI=1S/C29H41N3O4/c1-17(2)23(31-28(35)36-29(7,8)9)27(34)32(10)25(22-15-18(3)14-19(4)16-22)26(33)30-24-20(5)12-11-13-21(24)6/h11-17,23,25H,1-10H3,(H,30,33)(H,31,35). The number of ether oxygens (including phenoxy) is 1. The summed E-state index contributed by atoms with van der Waals surface area (Å²) in [5, 5.41) is 5.75. The number of carbonyl (C=O) groups excluding carboxylic acids is 3. The highest BCUT2D eigenvalue weighted by Gasteiger charge is 2.36. The number of amides is 3. The van der Waals surface area contributed by atoms with Crippen LogP contribution >= 0.6 is 0 Å².